The molecule has 0 saturated carbocycles. The Kier molecular flexibility index (Phi) is 3.92. The molecule has 0 aliphatic heterocycles. The predicted octanol–water partition coefficient (Wildman–Crippen LogP) is 2.42. The van der Waals surface area contributed by atoms with Crippen LogP contribution in [0.3, 0.4) is 0 Å². The number of aryl methyl sites for hydroxylation is 2. The molecule has 1 amide bonds. The lowest BCUT2D eigenvalue weighted by Gasteiger charge is -2.20. The van der Waals surface area contributed by atoms with Gasteiger partial charge in [0, 0.05) is 36.2 Å². The number of carbonyl (C=O) groups excluding carboxylic acids is 1. The lowest BCUT2D eigenvalue weighted by Crippen LogP contribution is -2.34. The molecule has 0 fully saturated rings. The van der Waals surface area contributed by atoms with Gasteiger partial charge < -0.3 is 10.3 Å². The fraction of sp³-hybridized carbons (Fsp3) is 0.375. The summed E-state index contributed by atoms with van der Waals surface area (Å²) in [7, 11) is 0. The number of hydrogen-bond donors (Lipinski definition) is 2. The van der Waals surface area contributed by atoms with E-state index in [0.717, 1.165) is 36.1 Å². The Morgan fingerprint density at radius 3 is 3.05 bits per heavy atom. The van der Waals surface area contributed by atoms with E-state index in [1.165, 1.54) is 12.1 Å². The molecule has 2 N–H and O–H groups in total. The molecule has 1 unspecified atom stereocenters. The Morgan fingerprint density at radius 2 is 2.27 bits per heavy atom. The van der Waals surface area contributed by atoms with E-state index in [1.54, 1.807) is 0 Å². The maximum Gasteiger partial charge on any atom is 0.223 e. The van der Waals surface area contributed by atoms with Gasteiger partial charge in [-0.3, -0.25) is 4.79 Å². The van der Waals surface area contributed by atoms with Crippen LogP contribution in [0, 0.1) is 24.5 Å². The van der Waals surface area contributed by atoms with Crippen molar-refractivity contribution < 1.29 is 13.6 Å². The molecule has 2 aromatic rings. The number of aromatic amines is 1. The van der Waals surface area contributed by atoms with Gasteiger partial charge in [-0.25, -0.2) is 13.8 Å². The minimum absolute atomic E-state index is 0.0658. The van der Waals surface area contributed by atoms with Crippen LogP contribution in [0.5, 0.6) is 0 Å². The lowest BCUT2D eigenvalue weighted by molar-refractivity contribution is -0.125. The molecule has 1 atom stereocenters. The molecule has 0 spiro atoms. The van der Waals surface area contributed by atoms with E-state index in [2.05, 4.69) is 15.3 Å². The predicted molar refractivity (Wildman–Crippen MR) is 77.0 cm³/mol. The maximum atomic E-state index is 13.5. The summed E-state index contributed by atoms with van der Waals surface area (Å²) >= 11 is 0. The molecular formula is C16H17F2N3O. The van der Waals surface area contributed by atoms with Crippen molar-refractivity contribution >= 4 is 5.91 Å². The number of nitrogens with zero attached hydrogens (tertiary/aromatic N) is 1. The second-order valence-electron chi connectivity index (χ2n) is 5.64. The summed E-state index contributed by atoms with van der Waals surface area (Å²) in [5, 5.41) is 2.73. The van der Waals surface area contributed by atoms with Gasteiger partial charge in [0.2, 0.25) is 5.91 Å². The van der Waals surface area contributed by atoms with E-state index in [4.69, 9.17) is 0 Å². The van der Waals surface area contributed by atoms with E-state index in [9.17, 15) is 13.6 Å². The average molecular weight is 305 g/mol. The van der Waals surface area contributed by atoms with Crippen molar-refractivity contribution in [3.63, 3.8) is 0 Å². The highest BCUT2D eigenvalue weighted by Crippen LogP contribution is 2.24. The number of benzene rings is 1. The number of aromatic nitrogens is 2. The number of H-pyrrole nitrogens is 1. The summed E-state index contributed by atoms with van der Waals surface area (Å²) in [4.78, 5) is 19.8. The van der Waals surface area contributed by atoms with E-state index >= 15 is 0 Å². The first-order valence-corrected chi connectivity index (χ1v) is 7.29. The van der Waals surface area contributed by atoms with Gasteiger partial charge >= 0.3 is 0 Å². The molecule has 1 aromatic carbocycles. The summed E-state index contributed by atoms with van der Waals surface area (Å²) < 4.78 is 26.4. The summed E-state index contributed by atoms with van der Waals surface area (Å²) in [6, 6.07) is 3.36. The molecule has 116 valence electrons. The Balaban J connectivity index is 1.61. The van der Waals surface area contributed by atoms with Gasteiger partial charge in [-0.15, -0.1) is 0 Å². The number of hydrogen-bond acceptors (Lipinski definition) is 2. The fourth-order valence-corrected chi connectivity index (χ4v) is 2.84. The zero-order chi connectivity index (χ0) is 15.7. The zero-order valence-electron chi connectivity index (χ0n) is 12.2. The van der Waals surface area contributed by atoms with Crippen LogP contribution in [-0.2, 0) is 24.2 Å². The van der Waals surface area contributed by atoms with Gasteiger partial charge in [0.1, 0.15) is 17.5 Å². The van der Waals surface area contributed by atoms with Crippen LogP contribution in [-0.4, -0.2) is 15.9 Å². The molecule has 1 aliphatic carbocycles. The molecule has 0 bridgehead atoms. The molecule has 0 saturated heterocycles. The second kappa shape index (κ2) is 5.87. The first kappa shape index (κ1) is 14.7. The van der Waals surface area contributed by atoms with E-state index in [1.807, 2.05) is 6.92 Å². The third-order valence-electron chi connectivity index (χ3n) is 4.00. The SMILES string of the molecule is Cc1nc2c([nH]1)CC(C(=O)NCc1ccc(F)cc1F)CC2. The molecule has 0 radical (unpaired) electrons. The quantitative estimate of drug-likeness (QED) is 0.915. The third-order valence-corrected chi connectivity index (χ3v) is 4.00. The molecule has 1 heterocycles. The molecule has 22 heavy (non-hydrogen) atoms. The lowest BCUT2D eigenvalue weighted by atomic mass is 9.89. The maximum absolute atomic E-state index is 13.5. The zero-order valence-corrected chi connectivity index (χ0v) is 12.2. The topological polar surface area (TPSA) is 57.8 Å². The number of carbonyl (C=O) groups is 1. The molecule has 1 aliphatic rings. The fourth-order valence-electron chi connectivity index (χ4n) is 2.84. The Morgan fingerprint density at radius 1 is 1.45 bits per heavy atom. The van der Waals surface area contributed by atoms with Gasteiger partial charge in [0.05, 0.1) is 5.69 Å². The third kappa shape index (κ3) is 3.00. The number of imidazole rings is 1. The van der Waals surface area contributed by atoms with Crippen LogP contribution in [0.15, 0.2) is 18.2 Å². The van der Waals surface area contributed by atoms with Crippen molar-refractivity contribution in [3.8, 4) is 0 Å². The van der Waals surface area contributed by atoms with E-state index < -0.39 is 11.6 Å². The standard InChI is InChI=1S/C16H17F2N3O/c1-9-20-14-5-3-10(6-15(14)21-9)16(22)19-8-11-2-4-12(17)7-13(11)18/h2,4,7,10H,3,5-6,8H2,1H3,(H,19,22)(H,20,21). The Hall–Kier alpha value is -2.24. The summed E-state index contributed by atoms with van der Waals surface area (Å²) in [5.41, 5.74) is 2.33. The van der Waals surface area contributed by atoms with Crippen LogP contribution in [0.2, 0.25) is 0 Å². The number of nitrogens with one attached hydrogen (secondary N) is 2. The molecule has 4 nitrogen and oxygen atoms in total. The van der Waals surface area contributed by atoms with E-state index in [0.29, 0.717) is 6.42 Å². The van der Waals surface area contributed by atoms with Gasteiger partial charge in [-0.2, -0.15) is 0 Å². The number of rotatable bonds is 3. The van der Waals surface area contributed by atoms with E-state index in [-0.39, 0.29) is 23.9 Å². The minimum atomic E-state index is -0.643. The second-order valence-corrected chi connectivity index (χ2v) is 5.64. The highest BCUT2D eigenvalue weighted by atomic mass is 19.1. The van der Waals surface area contributed by atoms with Gasteiger partial charge in [-0.1, -0.05) is 6.07 Å². The van der Waals surface area contributed by atoms with Crippen molar-refractivity contribution in [3.05, 3.63) is 52.6 Å². The largest absolute Gasteiger partial charge is 0.352 e. The average Bonchev–Trinajstić information content (AvgIpc) is 2.85. The first-order chi connectivity index (χ1) is 10.5. The van der Waals surface area contributed by atoms with Crippen LogP contribution in [0.4, 0.5) is 8.78 Å². The summed E-state index contributed by atoms with van der Waals surface area (Å²) in [5.74, 6) is -0.658. The van der Waals surface area contributed by atoms with Crippen LogP contribution < -0.4 is 5.32 Å². The van der Waals surface area contributed by atoms with Crippen molar-refractivity contribution in [2.45, 2.75) is 32.7 Å². The van der Waals surface area contributed by atoms with Gasteiger partial charge in [-0.05, 0) is 25.8 Å². The Labute approximate surface area is 127 Å². The van der Waals surface area contributed by atoms with Crippen molar-refractivity contribution in [1.82, 2.24) is 15.3 Å². The first-order valence-electron chi connectivity index (χ1n) is 7.29. The highest BCUT2D eigenvalue weighted by molar-refractivity contribution is 5.79. The minimum Gasteiger partial charge on any atom is -0.352 e. The number of halogens is 2. The number of amides is 1. The van der Waals surface area contributed by atoms with Crippen molar-refractivity contribution in [2.24, 2.45) is 5.92 Å². The smallest absolute Gasteiger partial charge is 0.223 e. The molecule has 3 rings (SSSR count). The Bertz CT molecular complexity index is 711. The summed E-state index contributed by atoms with van der Waals surface area (Å²) in [6.45, 7) is 1.96. The highest BCUT2D eigenvalue weighted by Gasteiger charge is 2.26. The van der Waals surface area contributed by atoms with Crippen molar-refractivity contribution in [1.29, 1.82) is 0 Å². The normalized spacial score (nSPS) is 17.1. The molecular weight excluding hydrogens is 288 g/mol. The van der Waals surface area contributed by atoms with Gasteiger partial charge in [0.15, 0.2) is 0 Å². The molecule has 6 heteroatoms. The number of fused-ring (bicyclic) bond motifs is 1. The molecule has 1 aromatic heterocycles. The van der Waals surface area contributed by atoms with Crippen molar-refractivity contribution in [2.75, 3.05) is 0 Å². The van der Waals surface area contributed by atoms with Gasteiger partial charge in [0.25, 0.3) is 0 Å². The van der Waals surface area contributed by atoms with Crippen LogP contribution in [0.25, 0.3) is 0 Å². The summed E-state index contributed by atoms with van der Waals surface area (Å²) in [6.07, 6.45) is 2.12. The van der Waals surface area contributed by atoms with Crippen LogP contribution >= 0.6 is 0 Å². The van der Waals surface area contributed by atoms with Crippen LogP contribution in [0.1, 0.15) is 29.2 Å². The monoisotopic (exact) mass is 305 g/mol.